The highest BCUT2D eigenvalue weighted by Crippen LogP contribution is 2.25. The number of aliphatic hydroxyl groups is 1. The summed E-state index contributed by atoms with van der Waals surface area (Å²) in [5.41, 5.74) is 1.42. The fourth-order valence-corrected chi connectivity index (χ4v) is 2.49. The van der Waals surface area contributed by atoms with E-state index in [0.717, 1.165) is 37.2 Å². The highest BCUT2D eigenvalue weighted by atomic mass is 16.7. The molecule has 0 bridgehead atoms. The van der Waals surface area contributed by atoms with Crippen LogP contribution in [-0.2, 0) is 22.7 Å². The second kappa shape index (κ2) is 10.2. The van der Waals surface area contributed by atoms with Crippen LogP contribution in [0.2, 0.25) is 0 Å². The lowest BCUT2D eigenvalue weighted by atomic mass is 10.2. The molecule has 2 heterocycles. The standard InChI is InChI=1S/C17H21NO5.C2H6/c1-20-13-7-5-12(6-8-13)17-18-14(15(10-19)23-17)11-22-16-4-2-3-9-21-16;1-2/h5-8,16,19H,2-4,9-11H2,1H3;1-2H3. The van der Waals surface area contributed by atoms with Crippen molar-refractivity contribution in [1.29, 1.82) is 0 Å². The van der Waals surface area contributed by atoms with Crippen molar-refractivity contribution in [3.63, 3.8) is 0 Å². The lowest BCUT2D eigenvalue weighted by Gasteiger charge is -2.22. The molecule has 2 aromatic rings. The van der Waals surface area contributed by atoms with Crippen LogP contribution in [0.5, 0.6) is 5.75 Å². The van der Waals surface area contributed by atoms with Crippen LogP contribution < -0.4 is 4.74 Å². The van der Waals surface area contributed by atoms with Gasteiger partial charge >= 0.3 is 0 Å². The lowest BCUT2D eigenvalue weighted by Crippen LogP contribution is -2.22. The molecule has 1 aromatic carbocycles. The molecule has 0 spiro atoms. The van der Waals surface area contributed by atoms with E-state index in [4.69, 9.17) is 18.6 Å². The van der Waals surface area contributed by atoms with Crippen molar-refractivity contribution in [3.05, 3.63) is 35.7 Å². The maximum absolute atomic E-state index is 9.46. The number of hydrogen-bond donors (Lipinski definition) is 1. The fourth-order valence-electron chi connectivity index (χ4n) is 2.49. The first-order valence-corrected chi connectivity index (χ1v) is 8.77. The number of hydrogen-bond acceptors (Lipinski definition) is 6. The van der Waals surface area contributed by atoms with Gasteiger partial charge in [-0.15, -0.1) is 0 Å². The van der Waals surface area contributed by atoms with Crippen molar-refractivity contribution in [2.75, 3.05) is 13.7 Å². The molecule has 0 aliphatic carbocycles. The molecule has 25 heavy (non-hydrogen) atoms. The summed E-state index contributed by atoms with van der Waals surface area (Å²) in [6.45, 7) is 4.78. The Bertz CT molecular complexity index is 617. The molecular weight excluding hydrogens is 322 g/mol. The predicted molar refractivity (Wildman–Crippen MR) is 94.1 cm³/mol. The Morgan fingerprint density at radius 1 is 1.20 bits per heavy atom. The molecule has 3 rings (SSSR count). The monoisotopic (exact) mass is 349 g/mol. The lowest BCUT2D eigenvalue weighted by molar-refractivity contribution is -0.169. The van der Waals surface area contributed by atoms with Gasteiger partial charge in [-0.2, -0.15) is 0 Å². The van der Waals surface area contributed by atoms with Crippen LogP contribution in [0.15, 0.2) is 28.7 Å². The summed E-state index contributed by atoms with van der Waals surface area (Å²) in [6, 6.07) is 7.40. The van der Waals surface area contributed by atoms with Crippen molar-refractivity contribution in [1.82, 2.24) is 4.98 Å². The average molecular weight is 349 g/mol. The Kier molecular flexibility index (Phi) is 7.91. The minimum atomic E-state index is -0.215. The van der Waals surface area contributed by atoms with Crippen molar-refractivity contribution in [2.45, 2.75) is 52.6 Å². The van der Waals surface area contributed by atoms with Crippen LogP contribution in [0.1, 0.15) is 44.6 Å². The van der Waals surface area contributed by atoms with Gasteiger partial charge in [0, 0.05) is 12.2 Å². The zero-order valence-electron chi connectivity index (χ0n) is 15.2. The normalized spacial score (nSPS) is 16.9. The smallest absolute Gasteiger partial charge is 0.226 e. The summed E-state index contributed by atoms with van der Waals surface area (Å²) in [6.07, 6.45) is 2.87. The number of oxazole rings is 1. The zero-order chi connectivity index (χ0) is 18.1. The van der Waals surface area contributed by atoms with Gasteiger partial charge in [0.1, 0.15) is 18.1 Å². The Labute approximate surface area is 148 Å². The highest BCUT2D eigenvalue weighted by molar-refractivity contribution is 5.55. The Morgan fingerprint density at radius 2 is 1.96 bits per heavy atom. The Morgan fingerprint density at radius 3 is 2.56 bits per heavy atom. The van der Waals surface area contributed by atoms with Gasteiger partial charge < -0.3 is 23.7 Å². The van der Waals surface area contributed by atoms with Crippen molar-refractivity contribution in [2.24, 2.45) is 0 Å². The van der Waals surface area contributed by atoms with E-state index in [-0.39, 0.29) is 19.5 Å². The Hall–Kier alpha value is -1.89. The number of aromatic nitrogens is 1. The van der Waals surface area contributed by atoms with Crippen LogP contribution in [0.25, 0.3) is 11.5 Å². The van der Waals surface area contributed by atoms with Gasteiger partial charge in [0.05, 0.1) is 13.7 Å². The molecule has 1 atom stereocenters. The molecule has 0 saturated carbocycles. The van der Waals surface area contributed by atoms with Gasteiger partial charge in [-0.3, -0.25) is 0 Å². The van der Waals surface area contributed by atoms with Gasteiger partial charge in [-0.25, -0.2) is 4.98 Å². The quantitative estimate of drug-likeness (QED) is 0.852. The van der Waals surface area contributed by atoms with E-state index in [0.29, 0.717) is 17.3 Å². The summed E-state index contributed by atoms with van der Waals surface area (Å²) >= 11 is 0. The summed E-state index contributed by atoms with van der Waals surface area (Å²) in [7, 11) is 1.62. The van der Waals surface area contributed by atoms with E-state index < -0.39 is 0 Å². The summed E-state index contributed by atoms with van der Waals surface area (Å²) in [4.78, 5) is 4.44. The second-order valence-electron chi connectivity index (χ2n) is 5.38. The number of benzene rings is 1. The van der Waals surface area contributed by atoms with Crippen LogP contribution in [0.3, 0.4) is 0 Å². The van der Waals surface area contributed by atoms with Crippen LogP contribution in [-0.4, -0.2) is 30.1 Å². The topological polar surface area (TPSA) is 74.0 Å². The molecular formula is C19H27NO5. The molecule has 6 nitrogen and oxygen atoms in total. The first-order chi connectivity index (χ1) is 12.3. The van der Waals surface area contributed by atoms with Gasteiger partial charge in [0.15, 0.2) is 12.1 Å². The van der Waals surface area contributed by atoms with Crippen LogP contribution in [0.4, 0.5) is 0 Å². The van der Waals surface area contributed by atoms with Crippen molar-refractivity contribution >= 4 is 0 Å². The number of rotatable bonds is 6. The highest BCUT2D eigenvalue weighted by Gasteiger charge is 2.18. The average Bonchev–Trinajstić information content (AvgIpc) is 3.12. The SMILES string of the molecule is CC.COc1ccc(-c2nc(COC3CCCCO3)c(CO)o2)cc1. The minimum Gasteiger partial charge on any atom is -0.497 e. The van der Waals surface area contributed by atoms with E-state index >= 15 is 0 Å². The molecule has 1 aromatic heterocycles. The number of aliphatic hydroxyl groups excluding tert-OH is 1. The van der Waals surface area contributed by atoms with Gasteiger partial charge in [-0.1, -0.05) is 13.8 Å². The molecule has 1 fully saturated rings. The number of ether oxygens (including phenoxy) is 3. The first kappa shape index (κ1) is 19.4. The molecule has 0 amide bonds. The predicted octanol–water partition coefficient (Wildman–Crippen LogP) is 3.91. The second-order valence-corrected chi connectivity index (χ2v) is 5.38. The van der Waals surface area contributed by atoms with Crippen LogP contribution >= 0.6 is 0 Å². The third-order valence-corrected chi connectivity index (χ3v) is 3.80. The molecule has 1 unspecified atom stereocenters. The van der Waals surface area contributed by atoms with Gasteiger partial charge in [0.2, 0.25) is 5.89 Å². The van der Waals surface area contributed by atoms with Crippen molar-refractivity contribution < 1.29 is 23.7 Å². The van der Waals surface area contributed by atoms with Crippen LogP contribution in [0, 0.1) is 0 Å². The van der Waals surface area contributed by atoms with Crippen molar-refractivity contribution in [3.8, 4) is 17.2 Å². The first-order valence-electron chi connectivity index (χ1n) is 8.77. The summed E-state index contributed by atoms with van der Waals surface area (Å²) in [5, 5.41) is 9.46. The fraction of sp³-hybridized carbons (Fsp3) is 0.526. The van der Waals surface area contributed by atoms with E-state index in [1.54, 1.807) is 7.11 Å². The molecule has 1 aliphatic heterocycles. The minimum absolute atomic E-state index is 0.198. The molecule has 1 saturated heterocycles. The molecule has 6 heteroatoms. The maximum atomic E-state index is 9.46. The molecule has 0 radical (unpaired) electrons. The zero-order valence-corrected chi connectivity index (χ0v) is 15.2. The third-order valence-electron chi connectivity index (χ3n) is 3.80. The van der Waals surface area contributed by atoms with E-state index in [1.807, 2.05) is 38.1 Å². The van der Waals surface area contributed by atoms with E-state index in [1.165, 1.54) is 0 Å². The number of nitrogens with zero attached hydrogens (tertiary/aromatic N) is 1. The number of methoxy groups -OCH3 is 1. The van der Waals surface area contributed by atoms with Gasteiger partial charge in [0.25, 0.3) is 0 Å². The largest absolute Gasteiger partial charge is 0.497 e. The molecule has 1 aliphatic rings. The summed E-state index contributed by atoms with van der Waals surface area (Å²) in [5.74, 6) is 1.65. The van der Waals surface area contributed by atoms with E-state index in [2.05, 4.69) is 4.98 Å². The molecule has 138 valence electrons. The third kappa shape index (κ3) is 5.29. The molecule has 1 N–H and O–H groups in total. The van der Waals surface area contributed by atoms with Gasteiger partial charge in [-0.05, 0) is 43.5 Å². The maximum Gasteiger partial charge on any atom is 0.226 e. The summed E-state index contributed by atoms with van der Waals surface area (Å²) < 4.78 is 22.0. The van der Waals surface area contributed by atoms with E-state index in [9.17, 15) is 5.11 Å². The Balaban J connectivity index is 0.00000109.